The number of aliphatic hydroxyl groups is 1. The lowest BCUT2D eigenvalue weighted by Gasteiger charge is -2.12. The van der Waals surface area contributed by atoms with E-state index in [0.29, 0.717) is 5.56 Å². The van der Waals surface area contributed by atoms with Crippen LogP contribution in [0.4, 0.5) is 8.78 Å². The number of aliphatic hydroxyl groups excluding tert-OH is 1. The third-order valence-corrected chi connectivity index (χ3v) is 3.18. The van der Waals surface area contributed by atoms with Crippen LogP contribution in [-0.4, -0.2) is 5.11 Å². The maximum atomic E-state index is 13.5. The van der Waals surface area contributed by atoms with Crippen molar-refractivity contribution in [3.05, 3.63) is 69.7 Å². The van der Waals surface area contributed by atoms with Crippen molar-refractivity contribution in [3.8, 4) is 0 Å². The highest BCUT2D eigenvalue weighted by atomic mass is 79.9. The lowest BCUT2D eigenvalue weighted by molar-refractivity contribution is 0.172. The largest absolute Gasteiger partial charge is 0.388 e. The lowest BCUT2D eigenvalue weighted by Crippen LogP contribution is -2.05. The molecular weight excluding hydrogens is 302 g/mol. The van der Waals surface area contributed by atoms with Gasteiger partial charge in [-0.3, -0.25) is 0 Å². The molecule has 0 fully saturated rings. The minimum absolute atomic E-state index is 0.0339. The van der Waals surface area contributed by atoms with Crippen LogP contribution in [0.25, 0.3) is 0 Å². The molecule has 1 atom stereocenters. The van der Waals surface area contributed by atoms with Gasteiger partial charge in [0.05, 0.1) is 6.10 Å². The van der Waals surface area contributed by atoms with Crippen molar-refractivity contribution in [3.63, 3.8) is 0 Å². The molecule has 0 aliphatic carbocycles. The zero-order chi connectivity index (χ0) is 13.1. The van der Waals surface area contributed by atoms with Gasteiger partial charge in [0.15, 0.2) is 0 Å². The first-order chi connectivity index (χ1) is 8.58. The highest BCUT2D eigenvalue weighted by molar-refractivity contribution is 9.10. The molecule has 0 radical (unpaired) electrons. The SMILES string of the molecule is OC(Cc1cc(Br)ccc1F)c1ccccc1F. The van der Waals surface area contributed by atoms with Crippen molar-refractivity contribution in [2.24, 2.45) is 0 Å². The average Bonchev–Trinajstić information content (AvgIpc) is 2.34. The van der Waals surface area contributed by atoms with Crippen molar-refractivity contribution in [2.45, 2.75) is 12.5 Å². The predicted molar refractivity (Wildman–Crippen MR) is 69.2 cm³/mol. The van der Waals surface area contributed by atoms with E-state index in [1.54, 1.807) is 24.3 Å². The molecule has 4 heteroatoms. The molecule has 18 heavy (non-hydrogen) atoms. The van der Waals surface area contributed by atoms with Gasteiger partial charge in [0, 0.05) is 16.5 Å². The Bertz CT molecular complexity index is 557. The van der Waals surface area contributed by atoms with E-state index in [0.717, 1.165) is 4.47 Å². The minimum Gasteiger partial charge on any atom is -0.388 e. The van der Waals surface area contributed by atoms with Crippen LogP contribution in [0.15, 0.2) is 46.9 Å². The van der Waals surface area contributed by atoms with E-state index in [9.17, 15) is 13.9 Å². The summed E-state index contributed by atoms with van der Waals surface area (Å²) < 4.78 is 27.7. The summed E-state index contributed by atoms with van der Waals surface area (Å²) in [5.41, 5.74) is 0.525. The first kappa shape index (κ1) is 13.2. The molecule has 94 valence electrons. The molecule has 0 bridgehead atoms. The van der Waals surface area contributed by atoms with E-state index >= 15 is 0 Å². The zero-order valence-corrected chi connectivity index (χ0v) is 11.0. The Kier molecular flexibility index (Phi) is 4.09. The highest BCUT2D eigenvalue weighted by Gasteiger charge is 2.15. The van der Waals surface area contributed by atoms with Gasteiger partial charge in [-0.05, 0) is 29.8 Å². The van der Waals surface area contributed by atoms with Crippen molar-refractivity contribution >= 4 is 15.9 Å². The lowest BCUT2D eigenvalue weighted by atomic mass is 10.0. The van der Waals surface area contributed by atoms with Crippen molar-refractivity contribution in [1.29, 1.82) is 0 Å². The van der Waals surface area contributed by atoms with Gasteiger partial charge in [-0.2, -0.15) is 0 Å². The summed E-state index contributed by atoms with van der Waals surface area (Å²) in [6.45, 7) is 0. The second-order valence-electron chi connectivity index (χ2n) is 3.98. The van der Waals surface area contributed by atoms with Crippen LogP contribution in [0.5, 0.6) is 0 Å². The molecule has 2 rings (SSSR count). The molecule has 0 aromatic heterocycles. The molecule has 0 saturated heterocycles. The van der Waals surface area contributed by atoms with Gasteiger partial charge in [-0.25, -0.2) is 8.78 Å². The van der Waals surface area contributed by atoms with E-state index in [1.807, 2.05) is 0 Å². The Hall–Kier alpha value is -1.26. The summed E-state index contributed by atoms with van der Waals surface area (Å²) in [4.78, 5) is 0. The molecule has 1 nitrogen and oxygen atoms in total. The standard InChI is InChI=1S/C14H11BrF2O/c15-10-5-6-12(16)9(7-10)8-14(18)11-3-1-2-4-13(11)17/h1-7,14,18H,8H2. The van der Waals surface area contributed by atoms with Crippen LogP contribution in [0, 0.1) is 11.6 Å². The van der Waals surface area contributed by atoms with Gasteiger partial charge in [0.25, 0.3) is 0 Å². The van der Waals surface area contributed by atoms with Crippen molar-refractivity contribution in [2.75, 3.05) is 0 Å². The smallest absolute Gasteiger partial charge is 0.129 e. The summed E-state index contributed by atoms with van der Waals surface area (Å²) in [5.74, 6) is -0.894. The molecule has 0 heterocycles. The Labute approximate surface area is 112 Å². The molecule has 1 N–H and O–H groups in total. The van der Waals surface area contributed by atoms with Crippen LogP contribution in [0.1, 0.15) is 17.2 Å². The first-order valence-corrected chi connectivity index (χ1v) is 6.23. The van der Waals surface area contributed by atoms with E-state index in [1.165, 1.54) is 18.2 Å². The van der Waals surface area contributed by atoms with E-state index in [-0.39, 0.29) is 12.0 Å². The molecule has 1 unspecified atom stereocenters. The second kappa shape index (κ2) is 5.59. The monoisotopic (exact) mass is 312 g/mol. The van der Waals surface area contributed by atoms with Gasteiger partial charge in [-0.1, -0.05) is 34.1 Å². The molecule has 0 amide bonds. The van der Waals surface area contributed by atoms with E-state index < -0.39 is 17.7 Å². The molecule has 0 spiro atoms. The summed E-state index contributed by atoms with van der Waals surface area (Å²) >= 11 is 3.23. The van der Waals surface area contributed by atoms with Crippen LogP contribution < -0.4 is 0 Å². The molecule has 2 aromatic rings. The Morgan fingerprint density at radius 1 is 1.06 bits per heavy atom. The zero-order valence-electron chi connectivity index (χ0n) is 9.41. The van der Waals surface area contributed by atoms with Gasteiger partial charge >= 0.3 is 0 Å². The summed E-state index contributed by atoms with van der Waals surface area (Å²) in [6.07, 6.45) is -1.03. The molecular formula is C14H11BrF2O. The van der Waals surface area contributed by atoms with Gasteiger partial charge in [0.1, 0.15) is 11.6 Å². The summed E-state index contributed by atoms with van der Waals surface area (Å²) in [5, 5.41) is 9.95. The fraction of sp³-hybridized carbons (Fsp3) is 0.143. The fourth-order valence-electron chi connectivity index (χ4n) is 1.76. The number of hydrogen-bond acceptors (Lipinski definition) is 1. The minimum atomic E-state index is -1.06. The molecule has 2 aromatic carbocycles. The average molecular weight is 313 g/mol. The van der Waals surface area contributed by atoms with Gasteiger partial charge in [0.2, 0.25) is 0 Å². The summed E-state index contributed by atoms with van der Waals surface area (Å²) in [6, 6.07) is 10.4. The van der Waals surface area contributed by atoms with Crippen LogP contribution >= 0.6 is 15.9 Å². The molecule has 0 saturated carbocycles. The topological polar surface area (TPSA) is 20.2 Å². The van der Waals surface area contributed by atoms with E-state index in [4.69, 9.17) is 0 Å². The third-order valence-electron chi connectivity index (χ3n) is 2.69. The number of hydrogen-bond donors (Lipinski definition) is 1. The van der Waals surface area contributed by atoms with Gasteiger partial charge < -0.3 is 5.11 Å². The normalized spacial score (nSPS) is 12.4. The van der Waals surface area contributed by atoms with Crippen LogP contribution in [-0.2, 0) is 6.42 Å². The second-order valence-corrected chi connectivity index (χ2v) is 4.89. The maximum absolute atomic E-state index is 13.5. The Morgan fingerprint density at radius 3 is 2.50 bits per heavy atom. The Balaban J connectivity index is 2.24. The van der Waals surface area contributed by atoms with Crippen LogP contribution in [0.2, 0.25) is 0 Å². The van der Waals surface area contributed by atoms with Gasteiger partial charge in [-0.15, -0.1) is 0 Å². The Morgan fingerprint density at radius 2 is 1.78 bits per heavy atom. The van der Waals surface area contributed by atoms with Crippen molar-refractivity contribution < 1.29 is 13.9 Å². The summed E-state index contributed by atoms with van der Waals surface area (Å²) in [7, 11) is 0. The number of halogens is 3. The predicted octanol–water partition coefficient (Wildman–Crippen LogP) is 4.00. The first-order valence-electron chi connectivity index (χ1n) is 5.44. The van der Waals surface area contributed by atoms with Crippen molar-refractivity contribution in [1.82, 2.24) is 0 Å². The third kappa shape index (κ3) is 2.94. The maximum Gasteiger partial charge on any atom is 0.129 e. The molecule has 0 aliphatic rings. The quantitative estimate of drug-likeness (QED) is 0.908. The number of benzene rings is 2. The fourth-order valence-corrected chi connectivity index (χ4v) is 2.17. The van der Waals surface area contributed by atoms with Crippen LogP contribution in [0.3, 0.4) is 0 Å². The number of rotatable bonds is 3. The van der Waals surface area contributed by atoms with E-state index in [2.05, 4.69) is 15.9 Å². The molecule has 0 aliphatic heterocycles. The highest BCUT2D eigenvalue weighted by Crippen LogP contribution is 2.24.